The van der Waals surface area contributed by atoms with E-state index < -0.39 is 41.0 Å². The molecule has 7 nitrogen and oxygen atoms in total. The Kier molecular flexibility index (Phi) is 7.82. The average molecular weight is 649 g/mol. The smallest absolute Gasteiger partial charge is 0.405 e. The van der Waals surface area contributed by atoms with Crippen LogP contribution in [0.25, 0.3) is 27.8 Å². The number of alkyl halides is 3. The number of rotatable bonds is 7. The normalized spacial score (nSPS) is 11.9. The number of pyridine rings is 2. The van der Waals surface area contributed by atoms with E-state index in [2.05, 4.69) is 4.98 Å². The van der Waals surface area contributed by atoms with E-state index in [1.807, 2.05) is 36.4 Å². The van der Waals surface area contributed by atoms with Gasteiger partial charge in [-0.05, 0) is 83.8 Å². The van der Waals surface area contributed by atoms with Gasteiger partial charge in [0.05, 0.1) is 10.8 Å². The van der Waals surface area contributed by atoms with E-state index in [9.17, 15) is 32.7 Å². The summed E-state index contributed by atoms with van der Waals surface area (Å²) in [5.74, 6) is -2.01. The molecule has 0 radical (unpaired) electrons. The lowest BCUT2D eigenvalue weighted by Crippen LogP contribution is -2.37. The molecule has 2 aromatic carbocycles. The van der Waals surface area contributed by atoms with Crippen molar-refractivity contribution in [2.24, 2.45) is 5.41 Å². The van der Waals surface area contributed by atoms with Gasteiger partial charge in [0.15, 0.2) is 0 Å². The van der Waals surface area contributed by atoms with Gasteiger partial charge in [0, 0.05) is 11.9 Å². The number of aliphatic carboxylic acids is 1. The summed E-state index contributed by atoms with van der Waals surface area (Å²) in [6.07, 6.45) is -2.79. The van der Waals surface area contributed by atoms with Crippen LogP contribution in [0.3, 0.4) is 0 Å². The first-order valence-electron chi connectivity index (χ1n) is 11.8. The van der Waals surface area contributed by atoms with Crippen molar-refractivity contribution < 1.29 is 27.9 Å². The van der Waals surface area contributed by atoms with Crippen LogP contribution >= 0.6 is 22.6 Å². The number of carbonyl (C=O) groups is 2. The highest BCUT2D eigenvalue weighted by Gasteiger charge is 2.30. The van der Waals surface area contributed by atoms with Gasteiger partial charge in [-0.15, -0.1) is 0 Å². The Bertz CT molecular complexity index is 1630. The Balaban J connectivity index is 1.79. The van der Waals surface area contributed by atoms with Crippen molar-refractivity contribution in [3.05, 3.63) is 91.9 Å². The van der Waals surface area contributed by atoms with Crippen LogP contribution in [0.5, 0.6) is 0 Å². The minimum atomic E-state index is -4.63. The van der Waals surface area contributed by atoms with E-state index in [0.29, 0.717) is 12.1 Å². The van der Waals surface area contributed by atoms with E-state index in [0.717, 1.165) is 16.7 Å². The molecule has 2 N–H and O–H groups in total. The predicted molar refractivity (Wildman–Crippen MR) is 149 cm³/mol. The molecule has 2 heterocycles. The molecular weight excluding hydrogens is 626 g/mol. The number of hydrogen-bond acceptors (Lipinski definition) is 4. The molecule has 0 fully saturated rings. The first-order chi connectivity index (χ1) is 18.3. The van der Waals surface area contributed by atoms with Gasteiger partial charge < -0.3 is 10.4 Å². The summed E-state index contributed by atoms with van der Waals surface area (Å²) >= 11 is 1.78. The zero-order valence-corrected chi connectivity index (χ0v) is 23.0. The molecule has 0 saturated heterocycles. The summed E-state index contributed by atoms with van der Waals surface area (Å²) in [7, 11) is 0. The number of nitrogens with zero attached hydrogens (tertiary/aromatic N) is 2. The maximum Gasteiger partial charge on any atom is 0.405 e. The minimum Gasteiger partial charge on any atom is -0.481 e. The van der Waals surface area contributed by atoms with Crippen molar-refractivity contribution in [1.82, 2.24) is 14.9 Å². The Morgan fingerprint density at radius 1 is 1.03 bits per heavy atom. The number of halogens is 4. The topological polar surface area (TPSA) is 101 Å². The van der Waals surface area contributed by atoms with Gasteiger partial charge in [0.2, 0.25) is 5.43 Å². The summed E-state index contributed by atoms with van der Waals surface area (Å²) in [5, 5.41) is 11.3. The maximum absolute atomic E-state index is 13.1. The van der Waals surface area contributed by atoms with Crippen LogP contribution in [0, 0.1) is 9.12 Å². The largest absolute Gasteiger partial charge is 0.481 e. The molecular formula is C28H23F3IN3O4. The Morgan fingerprint density at radius 3 is 2.36 bits per heavy atom. The molecule has 1 amide bonds. The van der Waals surface area contributed by atoms with Crippen molar-refractivity contribution in [1.29, 1.82) is 0 Å². The van der Waals surface area contributed by atoms with Crippen molar-refractivity contribution in [3.63, 3.8) is 0 Å². The molecule has 0 atom stereocenters. The number of carboxylic acids is 1. The third kappa shape index (κ3) is 6.13. The Hall–Kier alpha value is -3.74. The van der Waals surface area contributed by atoms with Gasteiger partial charge in [-0.2, -0.15) is 13.2 Å². The molecule has 39 heavy (non-hydrogen) atoms. The monoisotopic (exact) mass is 649 g/mol. The van der Waals surface area contributed by atoms with E-state index in [4.69, 9.17) is 0 Å². The number of carboxylic acid groups (broad SMARTS) is 1. The second kappa shape index (κ2) is 10.8. The standard InChI is InChI=1S/C28H23F3IN3O4/c1-27(2,26(38)39)14-16-8-10-17(11-9-16)18-5-3-6-19(13-18)35-23(32)21(25(37)34-15-28(29,30)31)22(36)20-7-4-12-33-24(20)35/h3-13H,14-15H2,1-2H3,(H,34,37)(H,38,39). The first kappa shape index (κ1) is 28.3. The van der Waals surface area contributed by atoms with Gasteiger partial charge >= 0.3 is 12.1 Å². The number of carbonyl (C=O) groups excluding carboxylic acids is 1. The molecule has 11 heteroatoms. The van der Waals surface area contributed by atoms with Crippen LogP contribution in [0.15, 0.2) is 71.7 Å². The molecule has 0 aliphatic heterocycles. The summed E-state index contributed by atoms with van der Waals surface area (Å²) in [6.45, 7) is 1.75. The van der Waals surface area contributed by atoms with E-state index >= 15 is 0 Å². The van der Waals surface area contributed by atoms with E-state index in [1.54, 1.807) is 58.5 Å². The molecule has 0 unspecified atom stereocenters. The number of amides is 1. The SMILES string of the molecule is CC(C)(Cc1ccc(-c2cccc(-n3c(I)c(C(=O)NCC(F)(F)F)c(=O)c4cccnc43)c2)cc1)C(=O)O. The molecule has 0 saturated carbocycles. The number of nitrogens with one attached hydrogen (secondary N) is 1. The number of fused-ring (bicyclic) bond motifs is 1. The molecule has 2 aromatic heterocycles. The average Bonchev–Trinajstić information content (AvgIpc) is 2.87. The molecule has 4 aromatic rings. The third-order valence-corrected chi connectivity index (χ3v) is 7.19. The quantitative estimate of drug-likeness (QED) is 0.201. The van der Waals surface area contributed by atoms with Crippen LogP contribution in [-0.2, 0) is 11.2 Å². The lowest BCUT2D eigenvalue weighted by Gasteiger charge is -2.19. The highest BCUT2D eigenvalue weighted by atomic mass is 127. The molecule has 0 spiro atoms. The second-order valence-electron chi connectivity index (χ2n) is 9.62. The van der Waals surface area contributed by atoms with Crippen molar-refractivity contribution in [3.8, 4) is 16.8 Å². The summed E-state index contributed by atoms with van der Waals surface area (Å²) in [4.78, 5) is 41.7. The molecule has 202 valence electrons. The molecule has 0 aliphatic rings. The highest BCUT2D eigenvalue weighted by molar-refractivity contribution is 14.1. The Labute approximate surface area is 234 Å². The van der Waals surface area contributed by atoms with Crippen LogP contribution in [-0.4, -0.2) is 39.3 Å². The van der Waals surface area contributed by atoms with Gasteiger partial charge in [0.25, 0.3) is 5.91 Å². The predicted octanol–water partition coefficient (Wildman–Crippen LogP) is 5.60. The zero-order valence-electron chi connectivity index (χ0n) is 20.8. The van der Waals surface area contributed by atoms with Crippen LogP contribution in [0.2, 0.25) is 0 Å². The van der Waals surface area contributed by atoms with E-state index in [-0.39, 0.29) is 14.7 Å². The molecule has 0 aliphatic carbocycles. The lowest BCUT2D eigenvalue weighted by molar-refractivity contribution is -0.146. The zero-order chi connectivity index (χ0) is 28.5. The molecule has 0 bridgehead atoms. The number of hydrogen-bond donors (Lipinski definition) is 2. The van der Waals surface area contributed by atoms with Gasteiger partial charge in [0.1, 0.15) is 21.5 Å². The molecule has 4 rings (SSSR count). The fraction of sp³-hybridized carbons (Fsp3) is 0.214. The van der Waals surface area contributed by atoms with Gasteiger partial charge in [-0.1, -0.05) is 36.4 Å². The fourth-order valence-electron chi connectivity index (χ4n) is 4.11. The van der Waals surface area contributed by atoms with Crippen LogP contribution in [0.1, 0.15) is 29.8 Å². The van der Waals surface area contributed by atoms with Gasteiger partial charge in [-0.3, -0.25) is 19.0 Å². The van der Waals surface area contributed by atoms with Crippen LogP contribution < -0.4 is 10.7 Å². The van der Waals surface area contributed by atoms with Crippen molar-refractivity contribution in [2.75, 3.05) is 6.54 Å². The summed E-state index contributed by atoms with van der Waals surface area (Å²) < 4.78 is 39.9. The number of benzene rings is 2. The minimum absolute atomic E-state index is 0.0888. The Morgan fingerprint density at radius 2 is 1.72 bits per heavy atom. The maximum atomic E-state index is 13.1. The van der Waals surface area contributed by atoms with Crippen LogP contribution in [0.4, 0.5) is 13.2 Å². The lowest BCUT2D eigenvalue weighted by atomic mass is 9.85. The highest BCUT2D eigenvalue weighted by Crippen LogP contribution is 2.28. The third-order valence-electron chi connectivity index (χ3n) is 6.17. The van der Waals surface area contributed by atoms with E-state index in [1.165, 1.54) is 18.3 Å². The van der Waals surface area contributed by atoms with Crippen molar-refractivity contribution >= 4 is 45.5 Å². The van der Waals surface area contributed by atoms with Gasteiger partial charge in [-0.25, -0.2) is 4.98 Å². The van der Waals surface area contributed by atoms with Crippen molar-refractivity contribution in [2.45, 2.75) is 26.4 Å². The first-order valence-corrected chi connectivity index (χ1v) is 12.8. The fourth-order valence-corrected chi connectivity index (χ4v) is 5.11. The number of aromatic nitrogens is 2. The second-order valence-corrected chi connectivity index (χ2v) is 10.6. The summed E-state index contributed by atoms with van der Waals surface area (Å²) in [6, 6.07) is 17.6. The summed E-state index contributed by atoms with van der Waals surface area (Å²) in [5.41, 5.74) is 1.25.